The summed E-state index contributed by atoms with van der Waals surface area (Å²) in [5, 5.41) is 30.8. The lowest BCUT2D eigenvalue weighted by atomic mass is 10.1. The Labute approximate surface area is 153 Å². The molecule has 1 amide bonds. The van der Waals surface area contributed by atoms with Crippen molar-refractivity contribution in [1.82, 2.24) is 9.55 Å². The van der Waals surface area contributed by atoms with E-state index in [1.54, 1.807) is 36.4 Å². The third-order valence-corrected chi connectivity index (χ3v) is 4.05. The van der Waals surface area contributed by atoms with Crippen molar-refractivity contribution >= 4 is 11.7 Å². The van der Waals surface area contributed by atoms with Gasteiger partial charge in [-0.2, -0.15) is 10.2 Å². The van der Waals surface area contributed by atoms with E-state index in [-0.39, 0.29) is 11.4 Å². The van der Waals surface area contributed by atoms with Crippen LogP contribution in [0.25, 0.3) is 0 Å². The zero-order chi connectivity index (χ0) is 19.4. The highest BCUT2D eigenvalue weighted by Gasteiger charge is 2.40. The number of rotatable bonds is 4. The third-order valence-electron chi connectivity index (χ3n) is 4.05. The molecule has 0 radical (unpaired) electrons. The lowest BCUT2D eigenvalue weighted by Gasteiger charge is -2.15. The largest absolute Gasteiger partial charge is 0.394 e. The van der Waals surface area contributed by atoms with Gasteiger partial charge in [0.1, 0.15) is 18.0 Å². The molecule has 1 fully saturated rings. The molecule has 1 saturated heterocycles. The van der Waals surface area contributed by atoms with Gasteiger partial charge >= 0.3 is 5.69 Å². The second-order valence-electron chi connectivity index (χ2n) is 5.75. The third kappa shape index (κ3) is 3.78. The molecule has 0 bridgehead atoms. The minimum atomic E-state index is -1.22. The number of amides is 1. The second kappa shape index (κ2) is 7.92. The van der Waals surface area contributed by atoms with Gasteiger partial charge in [-0.1, -0.05) is 18.2 Å². The maximum Gasteiger partial charge on any atom is 0.351 e. The monoisotopic (exact) mass is 368 g/mol. The Morgan fingerprint density at radius 1 is 1.37 bits per heavy atom. The maximum absolute atomic E-state index is 12.4. The fourth-order valence-corrected chi connectivity index (χ4v) is 2.72. The lowest BCUT2D eigenvalue weighted by Crippen LogP contribution is -2.29. The van der Waals surface area contributed by atoms with Gasteiger partial charge in [0, 0.05) is 23.4 Å². The first kappa shape index (κ1) is 18.5. The molecule has 0 unspecified atom stereocenters. The van der Waals surface area contributed by atoms with Gasteiger partial charge < -0.3 is 20.3 Å². The van der Waals surface area contributed by atoms with Gasteiger partial charge in [0.05, 0.1) is 12.7 Å². The topological polar surface area (TPSA) is 137 Å². The van der Waals surface area contributed by atoms with E-state index >= 15 is 0 Å². The number of ether oxygens (including phenoxy) is 1. The number of carbonyl (C=O) groups excluding carboxylic acids is 1. The van der Waals surface area contributed by atoms with Crippen LogP contribution in [0, 0.1) is 11.3 Å². The van der Waals surface area contributed by atoms with Crippen molar-refractivity contribution in [2.45, 2.75) is 18.4 Å². The molecular formula is C18H16N4O5. The van der Waals surface area contributed by atoms with Crippen molar-refractivity contribution in [3.8, 4) is 6.07 Å². The number of aliphatic hydroxyl groups is 2. The molecule has 1 aliphatic rings. The minimum absolute atomic E-state index is 0.0492. The summed E-state index contributed by atoms with van der Waals surface area (Å²) >= 11 is 0. The molecule has 27 heavy (non-hydrogen) atoms. The predicted octanol–water partition coefficient (Wildman–Crippen LogP) is 0.196. The summed E-state index contributed by atoms with van der Waals surface area (Å²) in [6.45, 7) is -0.478. The molecule has 9 nitrogen and oxygen atoms in total. The average Bonchev–Trinajstić information content (AvgIpc) is 2.99. The molecule has 9 heteroatoms. The van der Waals surface area contributed by atoms with Crippen LogP contribution in [0.2, 0.25) is 0 Å². The Kier molecular flexibility index (Phi) is 5.42. The molecule has 3 N–H and O–H groups in total. The highest BCUT2D eigenvalue weighted by Crippen LogP contribution is 2.33. The fraction of sp³-hybridized carbons (Fsp3) is 0.222. The van der Waals surface area contributed by atoms with E-state index in [4.69, 9.17) is 10.00 Å². The first-order valence-electron chi connectivity index (χ1n) is 8.04. The number of benzene rings is 1. The van der Waals surface area contributed by atoms with Crippen molar-refractivity contribution in [1.29, 1.82) is 5.26 Å². The normalized spacial score (nSPS) is 23.1. The van der Waals surface area contributed by atoms with Crippen molar-refractivity contribution in [2.24, 2.45) is 0 Å². The van der Waals surface area contributed by atoms with Crippen LogP contribution in [-0.4, -0.2) is 44.5 Å². The van der Waals surface area contributed by atoms with Crippen molar-refractivity contribution in [2.75, 3.05) is 11.9 Å². The van der Waals surface area contributed by atoms with E-state index < -0.39 is 36.6 Å². The number of carbonyl (C=O) groups is 1. The summed E-state index contributed by atoms with van der Waals surface area (Å²) < 4.78 is 6.53. The van der Waals surface area contributed by atoms with E-state index in [0.717, 1.165) is 10.6 Å². The summed E-state index contributed by atoms with van der Waals surface area (Å²) in [4.78, 5) is 28.3. The SMILES string of the molecule is N#C/C=C1\[C@H](n2ccc(NC(=O)c3ccccc3)nc2=O)O[C@H](CO)[C@H]1O. The molecule has 0 aliphatic carbocycles. The molecule has 0 saturated carbocycles. The second-order valence-corrected chi connectivity index (χ2v) is 5.75. The van der Waals surface area contributed by atoms with Crippen LogP contribution in [0.15, 0.2) is 59.0 Å². The first-order valence-corrected chi connectivity index (χ1v) is 8.04. The summed E-state index contributed by atoms with van der Waals surface area (Å²) in [7, 11) is 0. The highest BCUT2D eigenvalue weighted by molar-refractivity contribution is 6.03. The summed E-state index contributed by atoms with van der Waals surface area (Å²) in [5.74, 6) is -0.369. The number of nitrogens with zero attached hydrogens (tertiary/aromatic N) is 3. The summed E-state index contributed by atoms with van der Waals surface area (Å²) in [6, 6.07) is 11.6. The molecular weight excluding hydrogens is 352 g/mol. The predicted molar refractivity (Wildman–Crippen MR) is 93.6 cm³/mol. The molecule has 138 valence electrons. The molecule has 3 rings (SSSR count). The number of aromatic nitrogens is 2. The van der Waals surface area contributed by atoms with Crippen molar-refractivity contribution in [3.05, 3.63) is 70.3 Å². The Hall–Kier alpha value is -3.32. The number of allylic oxidation sites excluding steroid dienone is 1. The zero-order valence-electron chi connectivity index (χ0n) is 14.0. The standard InChI is InChI=1S/C18H16N4O5/c19-8-6-12-15(24)13(10-23)27-17(12)22-9-7-14(21-18(22)26)20-16(25)11-4-2-1-3-5-11/h1-7,9,13,15,17,23-24H,10H2,(H,20,21,25,26)/b12-6-/t13-,15+,17-/m1/s1. The van der Waals surface area contributed by atoms with Crippen LogP contribution in [0.5, 0.6) is 0 Å². The Morgan fingerprint density at radius 2 is 2.11 bits per heavy atom. The Bertz CT molecular complexity index is 964. The van der Waals surface area contributed by atoms with Crippen molar-refractivity contribution < 1.29 is 19.7 Å². The zero-order valence-corrected chi connectivity index (χ0v) is 14.0. The number of aliphatic hydroxyl groups excluding tert-OH is 2. The van der Waals surface area contributed by atoms with Gasteiger partial charge in [0.25, 0.3) is 5.91 Å². The van der Waals surface area contributed by atoms with E-state index in [1.807, 2.05) is 0 Å². The number of anilines is 1. The molecule has 2 heterocycles. The van der Waals surface area contributed by atoms with E-state index in [1.165, 1.54) is 12.3 Å². The fourth-order valence-electron chi connectivity index (χ4n) is 2.72. The minimum Gasteiger partial charge on any atom is -0.394 e. The Balaban J connectivity index is 1.85. The van der Waals surface area contributed by atoms with Crippen LogP contribution in [0.3, 0.4) is 0 Å². The molecule has 1 aromatic carbocycles. The van der Waals surface area contributed by atoms with E-state index in [0.29, 0.717) is 5.56 Å². The summed E-state index contributed by atoms with van der Waals surface area (Å²) in [5.41, 5.74) is -0.197. The quantitative estimate of drug-likeness (QED) is 0.655. The van der Waals surface area contributed by atoms with Gasteiger partial charge in [-0.05, 0) is 18.2 Å². The van der Waals surface area contributed by atoms with Crippen molar-refractivity contribution in [3.63, 3.8) is 0 Å². The molecule has 1 aliphatic heterocycles. The van der Waals surface area contributed by atoms with Gasteiger partial charge in [-0.3, -0.25) is 9.36 Å². The Morgan fingerprint density at radius 3 is 2.74 bits per heavy atom. The van der Waals surface area contributed by atoms with Crippen LogP contribution < -0.4 is 11.0 Å². The van der Waals surface area contributed by atoms with Gasteiger partial charge in [0.15, 0.2) is 6.23 Å². The number of hydrogen-bond acceptors (Lipinski definition) is 7. The highest BCUT2D eigenvalue weighted by atomic mass is 16.5. The van der Waals surface area contributed by atoms with Gasteiger partial charge in [-0.15, -0.1) is 0 Å². The van der Waals surface area contributed by atoms with Gasteiger partial charge in [-0.25, -0.2) is 4.79 Å². The average molecular weight is 368 g/mol. The van der Waals surface area contributed by atoms with Crippen LogP contribution in [0.4, 0.5) is 5.82 Å². The van der Waals surface area contributed by atoms with Crippen LogP contribution >= 0.6 is 0 Å². The molecule has 1 aromatic heterocycles. The number of nitriles is 1. The van der Waals surface area contributed by atoms with E-state index in [9.17, 15) is 19.8 Å². The summed E-state index contributed by atoms with van der Waals surface area (Å²) in [6.07, 6.45) is -0.848. The van der Waals surface area contributed by atoms with Crippen LogP contribution in [0.1, 0.15) is 16.6 Å². The molecule has 3 atom stereocenters. The smallest absolute Gasteiger partial charge is 0.351 e. The van der Waals surface area contributed by atoms with Gasteiger partial charge in [0.2, 0.25) is 0 Å². The maximum atomic E-state index is 12.4. The number of nitrogens with one attached hydrogen (secondary N) is 1. The molecule has 0 spiro atoms. The lowest BCUT2D eigenvalue weighted by molar-refractivity contribution is -0.0447. The van der Waals surface area contributed by atoms with Crippen LogP contribution in [-0.2, 0) is 4.74 Å². The number of hydrogen-bond donors (Lipinski definition) is 3. The first-order chi connectivity index (χ1) is 13.0. The van der Waals surface area contributed by atoms with E-state index in [2.05, 4.69) is 10.3 Å². The molecule has 2 aromatic rings.